The van der Waals surface area contributed by atoms with Gasteiger partial charge in [0.05, 0.1) is 10.6 Å². The number of anilines is 1. The first-order chi connectivity index (χ1) is 14.6. The molecule has 0 saturated heterocycles. The highest BCUT2D eigenvalue weighted by molar-refractivity contribution is 7.89. The van der Waals surface area contributed by atoms with E-state index in [2.05, 4.69) is 21.9 Å². The lowest BCUT2D eigenvalue weighted by molar-refractivity contribution is -0.114. The molecular weight excluding hydrogens is 445 g/mol. The number of carbonyl (C=O) groups excluding carboxylic acids is 1. The van der Waals surface area contributed by atoms with Gasteiger partial charge in [-0.25, -0.2) is 12.8 Å². The third kappa shape index (κ3) is 5.87. The number of hydrogen-bond acceptors (Lipinski definition) is 5. The second kappa shape index (κ2) is 9.23. The van der Waals surface area contributed by atoms with Crippen LogP contribution in [-0.4, -0.2) is 20.6 Å². The van der Waals surface area contributed by atoms with Gasteiger partial charge in [-0.15, -0.1) is 0 Å². The SMILES string of the molecule is C=C(F)C(=O)Nc1ccc(OC2NC=C(C)C=C2NS(=O)(=O)c2ccc(Cl)cc2)cc1. The van der Waals surface area contributed by atoms with Crippen molar-refractivity contribution in [1.82, 2.24) is 10.0 Å². The maximum absolute atomic E-state index is 12.8. The Hall–Kier alpha value is -3.30. The van der Waals surface area contributed by atoms with Crippen LogP contribution in [0.15, 0.2) is 89.4 Å². The number of halogens is 2. The number of nitrogens with one attached hydrogen (secondary N) is 3. The van der Waals surface area contributed by atoms with Crippen LogP contribution in [0.2, 0.25) is 5.02 Å². The predicted octanol–water partition coefficient (Wildman–Crippen LogP) is 3.84. The number of hydrogen-bond donors (Lipinski definition) is 3. The molecule has 1 atom stereocenters. The fourth-order valence-electron chi connectivity index (χ4n) is 2.62. The van der Waals surface area contributed by atoms with Crippen LogP contribution in [0.5, 0.6) is 5.75 Å². The third-order valence-electron chi connectivity index (χ3n) is 4.12. The monoisotopic (exact) mass is 463 g/mol. The van der Waals surface area contributed by atoms with Crippen molar-refractivity contribution in [3.05, 3.63) is 89.5 Å². The Kier molecular flexibility index (Phi) is 6.67. The van der Waals surface area contributed by atoms with E-state index in [-0.39, 0.29) is 10.6 Å². The second-order valence-electron chi connectivity index (χ2n) is 6.60. The summed E-state index contributed by atoms with van der Waals surface area (Å²) >= 11 is 5.83. The Balaban J connectivity index is 1.75. The number of amides is 1. The van der Waals surface area contributed by atoms with Crippen LogP contribution in [0.1, 0.15) is 6.92 Å². The van der Waals surface area contributed by atoms with Crippen molar-refractivity contribution in [2.45, 2.75) is 18.0 Å². The van der Waals surface area contributed by atoms with Gasteiger partial charge in [0.15, 0.2) is 5.83 Å². The molecule has 1 unspecified atom stereocenters. The summed E-state index contributed by atoms with van der Waals surface area (Å²) in [6, 6.07) is 11.9. The van der Waals surface area contributed by atoms with Crippen LogP contribution < -0.4 is 20.1 Å². The molecule has 1 aliphatic heterocycles. The zero-order valence-corrected chi connectivity index (χ0v) is 17.9. The number of rotatable bonds is 7. The molecule has 1 aliphatic rings. The van der Waals surface area contributed by atoms with E-state index in [1.165, 1.54) is 36.4 Å². The van der Waals surface area contributed by atoms with Gasteiger partial charge < -0.3 is 15.4 Å². The molecule has 2 aromatic rings. The van der Waals surface area contributed by atoms with Crippen LogP contribution in [0, 0.1) is 0 Å². The Bertz CT molecular complexity index is 1160. The quantitative estimate of drug-likeness (QED) is 0.542. The molecule has 1 heterocycles. The highest BCUT2D eigenvalue weighted by Gasteiger charge is 2.24. The smallest absolute Gasteiger partial charge is 0.283 e. The molecule has 2 aromatic carbocycles. The number of carbonyl (C=O) groups is 1. The van der Waals surface area contributed by atoms with E-state index in [9.17, 15) is 17.6 Å². The van der Waals surface area contributed by atoms with Gasteiger partial charge in [-0.3, -0.25) is 9.52 Å². The van der Waals surface area contributed by atoms with Gasteiger partial charge in [-0.05, 0) is 67.1 Å². The molecule has 10 heteroatoms. The van der Waals surface area contributed by atoms with Gasteiger partial charge >= 0.3 is 0 Å². The molecule has 162 valence electrons. The van der Waals surface area contributed by atoms with E-state index < -0.39 is 28.0 Å². The first-order valence-corrected chi connectivity index (χ1v) is 10.9. The second-order valence-corrected chi connectivity index (χ2v) is 8.71. The molecule has 7 nitrogen and oxygen atoms in total. The van der Waals surface area contributed by atoms with Crippen molar-refractivity contribution < 1.29 is 22.3 Å². The number of allylic oxidation sites excluding steroid dienone is 2. The highest BCUT2D eigenvalue weighted by Crippen LogP contribution is 2.22. The molecule has 0 spiro atoms. The summed E-state index contributed by atoms with van der Waals surface area (Å²) in [5.41, 5.74) is 1.42. The number of dihydropyridines is 1. The van der Waals surface area contributed by atoms with Crippen LogP contribution in [0.4, 0.5) is 10.1 Å². The summed E-state index contributed by atoms with van der Waals surface area (Å²) in [7, 11) is -3.87. The molecule has 3 N–H and O–H groups in total. The van der Waals surface area contributed by atoms with Gasteiger partial charge in [0.2, 0.25) is 6.23 Å². The summed E-state index contributed by atoms with van der Waals surface area (Å²) in [6.45, 7) is 4.73. The highest BCUT2D eigenvalue weighted by atomic mass is 35.5. The molecule has 31 heavy (non-hydrogen) atoms. The van der Waals surface area contributed by atoms with Crippen molar-refractivity contribution in [2.24, 2.45) is 0 Å². The Morgan fingerprint density at radius 3 is 2.42 bits per heavy atom. The molecule has 0 saturated carbocycles. The Morgan fingerprint density at radius 1 is 1.16 bits per heavy atom. The van der Waals surface area contributed by atoms with Gasteiger partial charge in [0.25, 0.3) is 15.9 Å². The fourth-order valence-corrected chi connectivity index (χ4v) is 3.83. The van der Waals surface area contributed by atoms with E-state index in [0.29, 0.717) is 16.5 Å². The molecule has 0 aromatic heterocycles. The maximum Gasteiger partial charge on any atom is 0.283 e. The summed E-state index contributed by atoms with van der Waals surface area (Å²) < 4.78 is 46.7. The van der Waals surface area contributed by atoms with E-state index in [4.69, 9.17) is 16.3 Å². The minimum Gasteiger partial charge on any atom is -0.465 e. The van der Waals surface area contributed by atoms with Crippen molar-refractivity contribution in [3.8, 4) is 5.75 Å². The van der Waals surface area contributed by atoms with Gasteiger partial charge in [-0.1, -0.05) is 18.2 Å². The predicted molar refractivity (Wildman–Crippen MR) is 116 cm³/mol. The average molecular weight is 464 g/mol. The van der Waals surface area contributed by atoms with Crippen LogP contribution in [0.25, 0.3) is 0 Å². The standard InChI is InChI=1S/C21H19ClFN3O4S/c1-13-11-19(26-31(28,29)18-9-3-15(22)4-10-18)21(24-12-13)30-17-7-5-16(6-8-17)25-20(27)14(2)23/h3-12,21,24,26H,2H2,1H3,(H,25,27). The summed E-state index contributed by atoms with van der Waals surface area (Å²) in [6.07, 6.45) is 2.51. The zero-order chi connectivity index (χ0) is 22.6. The number of ether oxygens (including phenoxy) is 1. The summed E-state index contributed by atoms with van der Waals surface area (Å²) in [5, 5.41) is 5.74. The van der Waals surface area contributed by atoms with Crippen LogP contribution in [0.3, 0.4) is 0 Å². The summed E-state index contributed by atoms with van der Waals surface area (Å²) in [4.78, 5) is 11.4. The molecule has 0 fully saturated rings. The first-order valence-electron chi connectivity index (χ1n) is 8.99. The van der Waals surface area contributed by atoms with Gasteiger partial charge in [-0.2, -0.15) is 0 Å². The van der Waals surface area contributed by atoms with E-state index in [0.717, 1.165) is 5.57 Å². The van der Waals surface area contributed by atoms with Crippen LogP contribution >= 0.6 is 11.6 Å². The van der Waals surface area contributed by atoms with Crippen molar-refractivity contribution in [1.29, 1.82) is 0 Å². The summed E-state index contributed by atoms with van der Waals surface area (Å²) in [5.74, 6) is -1.65. The molecule has 1 amide bonds. The Labute approximate surface area is 184 Å². The minimum absolute atomic E-state index is 0.0540. The lowest BCUT2D eigenvalue weighted by Crippen LogP contribution is -2.42. The molecule has 0 aliphatic carbocycles. The molecule has 3 rings (SSSR count). The number of sulfonamides is 1. The molecular formula is C21H19ClFN3O4S. The van der Waals surface area contributed by atoms with E-state index in [1.807, 2.05) is 0 Å². The average Bonchev–Trinajstić information content (AvgIpc) is 2.71. The number of benzene rings is 2. The first kappa shape index (κ1) is 22.4. The topological polar surface area (TPSA) is 96.5 Å². The zero-order valence-electron chi connectivity index (χ0n) is 16.4. The Morgan fingerprint density at radius 2 is 1.81 bits per heavy atom. The van der Waals surface area contributed by atoms with Gasteiger partial charge in [0, 0.05) is 16.9 Å². The van der Waals surface area contributed by atoms with E-state index in [1.54, 1.807) is 31.3 Å². The molecule has 0 bridgehead atoms. The van der Waals surface area contributed by atoms with Gasteiger partial charge in [0.1, 0.15) is 5.75 Å². The maximum atomic E-state index is 12.8. The lowest BCUT2D eigenvalue weighted by atomic mass is 10.2. The minimum atomic E-state index is -3.87. The normalized spacial score (nSPS) is 15.8. The lowest BCUT2D eigenvalue weighted by Gasteiger charge is -2.26. The van der Waals surface area contributed by atoms with Crippen molar-refractivity contribution >= 4 is 33.2 Å². The van der Waals surface area contributed by atoms with Crippen molar-refractivity contribution in [2.75, 3.05) is 5.32 Å². The van der Waals surface area contributed by atoms with E-state index >= 15 is 0 Å². The van der Waals surface area contributed by atoms with Crippen LogP contribution in [-0.2, 0) is 14.8 Å². The largest absolute Gasteiger partial charge is 0.465 e. The molecule has 0 radical (unpaired) electrons. The van der Waals surface area contributed by atoms with Crippen molar-refractivity contribution in [3.63, 3.8) is 0 Å². The third-order valence-corrected chi connectivity index (χ3v) is 5.77. The fraction of sp³-hybridized carbons (Fsp3) is 0.0952.